The van der Waals surface area contributed by atoms with Crippen LogP contribution >= 0.6 is 15.9 Å². The monoisotopic (exact) mass is 417 g/mol. The van der Waals surface area contributed by atoms with Crippen LogP contribution in [0.3, 0.4) is 0 Å². The number of halogens is 1. The Bertz CT molecular complexity index is 759. The second-order valence-corrected chi connectivity index (χ2v) is 6.69. The molecular weight excluding hydrogens is 398 g/mol. The summed E-state index contributed by atoms with van der Waals surface area (Å²) in [5.41, 5.74) is 1.20. The third kappa shape index (κ3) is 6.44. The summed E-state index contributed by atoms with van der Waals surface area (Å²) >= 11 is 3.33. The molecule has 2 rings (SSSR count). The van der Waals surface area contributed by atoms with Gasteiger partial charge in [-0.3, -0.25) is 14.4 Å². The second-order valence-electron chi connectivity index (χ2n) is 5.77. The molecule has 2 aromatic rings. The quantitative estimate of drug-likeness (QED) is 0.511. The maximum atomic E-state index is 12.1. The van der Waals surface area contributed by atoms with Crippen molar-refractivity contribution in [2.45, 2.75) is 32.3 Å². The topological polar surface area (TPSA) is 72.5 Å². The van der Waals surface area contributed by atoms with Crippen molar-refractivity contribution in [3.63, 3.8) is 0 Å². The van der Waals surface area contributed by atoms with E-state index in [1.165, 1.54) is 0 Å². The minimum Gasteiger partial charge on any atom is -0.454 e. The number of ketones is 1. The fourth-order valence-electron chi connectivity index (χ4n) is 2.30. The Balaban J connectivity index is 1.70. The van der Waals surface area contributed by atoms with Gasteiger partial charge in [-0.15, -0.1) is 0 Å². The predicted octanol–water partition coefficient (Wildman–Crippen LogP) is 4.37. The van der Waals surface area contributed by atoms with E-state index in [9.17, 15) is 14.4 Å². The lowest BCUT2D eigenvalue weighted by molar-refractivity contribution is -0.146. The number of rotatable bonds is 8. The predicted molar refractivity (Wildman–Crippen MR) is 103 cm³/mol. The van der Waals surface area contributed by atoms with Crippen molar-refractivity contribution >= 4 is 39.3 Å². The molecule has 0 bridgehead atoms. The number of carbonyl (C=O) groups excluding carboxylic acids is 3. The fraction of sp³-hybridized carbons (Fsp3) is 0.250. The number of anilines is 1. The number of hydrogen-bond donors (Lipinski definition) is 1. The summed E-state index contributed by atoms with van der Waals surface area (Å²) in [7, 11) is 0. The van der Waals surface area contributed by atoms with Gasteiger partial charge >= 0.3 is 5.97 Å². The van der Waals surface area contributed by atoms with Crippen molar-refractivity contribution in [2.24, 2.45) is 0 Å². The van der Waals surface area contributed by atoms with Gasteiger partial charge in [0.25, 0.3) is 0 Å². The SMILES string of the molecule is C[C@@H](OC(=O)CCCC(=O)Nc1ccc(Br)cc1)C(=O)c1ccccc1. The molecule has 26 heavy (non-hydrogen) atoms. The number of ether oxygens (including phenoxy) is 1. The average Bonchev–Trinajstić information content (AvgIpc) is 2.63. The van der Waals surface area contributed by atoms with Gasteiger partial charge in [-0.25, -0.2) is 0 Å². The van der Waals surface area contributed by atoms with E-state index in [4.69, 9.17) is 4.74 Å². The number of benzene rings is 2. The molecule has 0 aliphatic rings. The lowest BCUT2D eigenvalue weighted by Crippen LogP contribution is -2.24. The van der Waals surface area contributed by atoms with Gasteiger partial charge in [-0.1, -0.05) is 46.3 Å². The van der Waals surface area contributed by atoms with Crippen LogP contribution in [0.5, 0.6) is 0 Å². The van der Waals surface area contributed by atoms with Crippen LogP contribution in [0.25, 0.3) is 0 Å². The first-order valence-electron chi connectivity index (χ1n) is 8.30. The number of esters is 1. The van der Waals surface area contributed by atoms with Gasteiger partial charge in [-0.2, -0.15) is 0 Å². The third-order valence-electron chi connectivity index (χ3n) is 3.65. The molecule has 0 saturated carbocycles. The molecule has 0 aliphatic carbocycles. The van der Waals surface area contributed by atoms with Crippen LogP contribution < -0.4 is 5.32 Å². The van der Waals surface area contributed by atoms with Crippen LogP contribution in [0.1, 0.15) is 36.5 Å². The highest BCUT2D eigenvalue weighted by molar-refractivity contribution is 9.10. The van der Waals surface area contributed by atoms with Crippen molar-refractivity contribution in [1.29, 1.82) is 0 Å². The largest absolute Gasteiger partial charge is 0.454 e. The highest BCUT2D eigenvalue weighted by Gasteiger charge is 2.19. The maximum absolute atomic E-state index is 12.1. The van der Waals surface area contributed by atoms with Gasteiger partial charge in [0.2, 0.25) is 11.7 Å². The zero-order chi connectivity index (χ0) is 18.9. The van der Waals surface area contributed by atoms with E-state index in [0.29, 0.717) is 17.7 Å². The molecule has 136 valence electrons. The first-order chi connectivity index (χ1) is 12.5. The minimum absolute atomic E-state index is 0.0835. The zero-order valence-corrected chi connectivity index (χ0v) is 16.0. The van der Waals surface area contributed by atoms with E-state index < -0.39 is 12.1 Å². The Kier molecular flexibility index (Phi) is 7.53. The molecule has 5 nitrogen and oxygen atoms in total. The van der Waals surface area contributed by atoms with Crippen LogP contribution in [-0.2, 0) is 14.3 Å². The standard InChI is InChI=1S/C20H20BrNO4/c1-14(20(25)15-6-3-2-4-7-15)26-19(24)9-5-8-18(23)22-17-12-10-16(21)11-13-17/h2-4,6-7,10-14H,5,8-9H2,1H3,(H,22,23)/t14-/m1/s1. The minimum atomic E-state index is -0.846. The lowest BCUT2D eigenvalue weighted by Gasteiger charge is -2.12. The fourth-order valence-corrected chi connectivity index (χ4v) is 2.56. The molecule has 0 radical (unpaired) electrons. The van der Waals surface area contributed by atoms with Crippen molar-refractivity contribution in [2.75, 3.05) is 5.32 Å². The van der Waals surface area contributed by atoms with E-state index in [0.717, 1.165) is 4.47 Å². The summed E-state index contributed by atoms with van der Waals surface area (Å²) in [5.74, 6) is -0.904. The van der Waals surface area contributed by atoms with Crippen LogP contribution in [0.2, 0.25) is 0 Å². The van der Waals surface area contributed by atoms with Crippen LogP contribution in [0.15, 0.2) is 59.1 Å². The molecule has 6 heteroatoms. The Hall–Kier alpha value is -2.47. The number of amides is 1. The van der Waals surface area contributed by atoms with Gasteiger partial charge in [0, 0.05) is 28.6 Å². The van der Waals surface area contributed by atoms with Crippen LogP contribution in [0.4, 0.5) is 5.69 Å². The third-order valence-corrected chi connectivity index (χ3v) is 4.18. The maximum Gasteiger partial charge on any atom is 0.306 e. The first kappa shape index (κ1) is 19.8. The molecule has 2 aromatic carbocycles. The van der Waals surface area contributed by atoms with E-state index in [2.05, 4.69) is 21.2 Å². The van der Waals surface area contributed by atoms with Crippen molar-refractivity contribution in [3.05, 3.63) is 64.6 Å². The summed E-state index contributed by atoms with van der Waals surface area (Å²) in [4.78, 5) is 35.9. The van der Waals surface area contributed by atoms with E-state index in [1.54, 1.807) is 43.3 Å². The molecule has 0 spiro atoms. The van der Waals surface area contributed by atoms with Crippen molar-refractivity contribution < 1.29 is 19.1 Å². The summed E-state index contributed by atoms with van der Waals surface area (Å²) in [5, 5.41) is 2.76. The molecule has 1 amide bonds. The smallest absolute Gasteiger partial charge is 0.306 e. The molecule has 0 heterocycles. The number of nitrogens with one attached hydrogen (secondary N) is 1. The highest BCUT2D eigenvalue weighted by Crippen LogP contribution is 2.14. The number of hydrogen-bond acceptors (Lipinski definition) is 4. The van der Waals surface area contributed by atoms with E-state index in [1.807, 2.05) is 18.2 Å². The summed E-state index contributed by atoms with van der Waals surface area (Å²) in [6.45, 7) is 1.55. The summed E-state index contributed by atoms with van der Waals surface area (Å²) in [6, 6.07) is 15.9. The highest BCUT2D eigenvalue weighted by atomic mass is 79.9. The Morgan fingerprint density at radius 1 is 1.00 bits per heavy atom. The van der Waals surface area contributed by atoms with Gasteiger partial charge in [0.05, 0.1) is 0 Å². The first-order valence-corrected chi connectivity index (χ1v) is 9.09. The average molecular weight is 418 g/mol. The molecule has 0 aliphatic heterocycles. The number of carbonyl (C=O) groups is 3. The van der Waals surface area contributed by atoms with Crippen LogP contribution in [-0.4, -0.2) is 23.8 Å². The lowest BCUT2D eigenvalue weighted by atomic mass is 10.1. The van der Waals surface area contributed by atoms with Gasteiger partial charge < -0.3 is 10.1 Å². The zero-order valence-electron chi connectivity index (χ0n) is 14.4. The molecule has 0 fully saturated rings. The second kappa shape index (κ2) is 9.87. The Morgan fingerprint density at radius 2 is 1.65 bits per heavy atom. The molecule has 0 aromatic heterocycles. The normalized spacial score (nSPS) is 11.5. The molecular formula is C20H20BrNO4. The van der Waals surface area contributed by atoms with E-state index >= 15 is 0 Å². The molecule has 0 saturated heterocycles. The van der Waals surface area contributed by atoms with Gasteiger partial charge in [-0.05, 0) is 37.6 Å². The molecule has 1 N–H and O–H groups in total. The van der Waals surface area contributed by atoms with E-state index in [-0.39, 0.29) is 24.5 Å². The van der Waals surface area contributed by atoms with Gasteiger partial charge in [0.15, 0.2) is 6.10 Å². The summed E-state index contributed by atoms with van der Waals surface area (Å²) < 4.78 is 6.08. The Labute approximate surface area is 160 Å². The van der Waals surface area contributed by atoms with Crippen molar-refractivity contribution in [1.82, 2.24) is 0 Å². The Morgan fingerprint density at radius 3 is 2.31 bits per heavy atom. The molecule has 0 unspecified atom stereocenters. The van der Waals surface area contributed by atoms with Gasteiger partial charge in [0.1, 0.15) is 0 Å². The summed E-state index contributed by atoms with van der Waals surface area (Å²) in [6.07, 6.45) is -0.207. The molecule has 1 atom stereocenters. The number of Topliss-reactive ketones (excluding diaryl/α,β-unsaturated/α-hetero) is 1. The van der Waals surface area contributed by atoms with Crippen LogP contribution in [0, 0.1) is 0 Å². The van der Waals surface area contributed by atoms with Crippen molar-refractivity contribution in [3.8, 4) is 0 Å².